The quantitative estimate of drug-likeness (QED) is 0.171. The summed E-state index contributed by atoms with van der Waals surface area (Å²) < 4.78 is 0. The number of rotatable bonds is 2. The molecule has 3 aliphatic rings. The standard InChI is InChI=1S/C8H5NO2.C7H7NO.C6H6N2O.C4H5NO2.C3H4N2O2/c10-7-5-3-1-2-4-6(5)8(11)9-7;8-7(9)6-4-2-1-3-5-6;7-6(9)5-2-1-3-8-4-5;6-3-1-2-4(7)5-3;6-2-1-4-3(7)5-2/h1-4H,(H,9,10,11);1-5H,(H2,8,9);1-4H,(H2,7,9);1-2H2,(H,5,6,7);1H2,(H2,4,5,6,7). The van der Waals surface area contributed by atoms with E-state index in [2.05, 4.69) is 20.9 Å². The number of nitrogens with one attached hydrogen (secondary N) is 4. The SMILES string of the molecule is NC(=O)c1ccccc1.NC(=O)c1cccnc1.O=C1CCC(=O)N1.O=C1CNC(=O)N1.O=C1NC(=O)c2ccccc21. The van der Waals surface area contributed by atoms with E-state index in [-0.39, 0.29) is 42.0 Å². The number of nitrogens with zero attached hydrogens (tertiary/aromatic N) is 1. The van der Waals surface area contributed by atoms with Gasteiger partial charge in [-0.2, -0.15) is 0 Å². The third kappa shape index (κ3) is 11.8. The molecule has 2 saturated heterocycles. The van der Waals surface area contributed by atoms with Crippen molar-refractivity contribution >= 4 is 47.4 Å². The van der Waals surface area contributed by atoms with Crippen LogP contribution in [-0.2, 0) is 14.4 Å². The second kappa shape index (κ2) is 16.8. The summed E-state index contributed by atoms with van der Waals surface area (Å²) in [4.78, 5) is 86.7. The van der Waals surface area contributed by atoms with Crippen molar-refractivity contribution in [3.8, 4) is 0 Å². The average molecular weight is 590 g/mol. The number of aromatic nitrogens is 1. The van der Waals surface area contributed by atoms with Crippen LogP contribution in [0.15, 0.2) is 79.1 Å². The number of urea groups is 1. The normalized spacial score (nSPS) is 13.8. The lowest BCUT2D eigenvalue weighted by Crippen LogP contribution is -2.22. The Balaban J connectivity index is 0.000000190. The van der Waals surface area contributed by atoms with Gasteiger partial charge < -0.3 is 16.8 Å². The first-order valence-electron chi connectivity index (χ1n) is 12.4. The van der Waals surface area contributed by atoms with Crippen molar-refractivity contribution in [2.75, 3.05) is 6.54 Å². The molecule has 0 atom stereocenters. The minimum atomic E-state index is -0.442. The zero-order chi connectivity index (χ0) is 31.8. The molecule has 3 aliphatic heterocycles. The van der Waals surface area contributed by atoms with E-state index < -0.39 is 11.9 Å². The lowest BCUT2D eigenvalue weighted by atomic mass is 10.1. The van der Waals surface area contributed by atoms with Gasteiger partial charge in [0.2, 0.25) is 29.5 Å². The van der Waals surface area contributed by atoms with E-state index in [0.717, 1.165) is 0 Å². The van der Waals surface area contributed by atoms with Crippen LogP contribution in [0.2, 0.25) is 0 Å². The molecule has 3 aromatic rings. The molecule has 0 radical (unpaired) electrons. The third-order valence-electron chi connectivity index (χ3n) is 5.17. The number of primary amides is 2. The van der Waals surface area contributed by atoms with Crippen LogP contribution < -0.4 is 32.7 Å². The number of imide groups is 3. The van der Waals surface area contributed by atoms with Gasteiger partial charge >= 0.3 is 6.03 Å². The van der Waals surface area contributed by atoms with Crippen molar-refractivity contribution in [2.45, 2.75) is 12.8 Å². The Morgan fingerprint density at radius 2 is 1.12 bits per heavy atom. The van der Waals surface area contributed by atoms with Crippen LogP contribution >= 0.6 is 0 Å². The molecule has 9 amide bonds. The van der Waals surface area contributed by atoms with E-state index in [1.165, 1.54) is 6.20 Å². The van der Waals surface area contributed by atoms with Crippen molar-refractivity contribution in [3.63, 3.8) is 0 Å². The summed E-state index contributed by atoms with van der Waals surface area (Å²) in [5, 5.41) is 8.64. The number of benzene rings is 2. The first-order chi connectivity index (χ1) is 20.5. The Kier molecular flexibility index (Phi) is 12.8. The number of hydrogen-bond acceptors (Lipinski definition) is 9. The zero-order valence-corrected chi connectivity index (χ0v) is 22.5. The van der Waals surface area contributed by atoms with Crippen molar-refractivity contribution < 1.29 is 38.4 Å². The molecule has 6 rings (SSSR count). The molecule has 15 nitrogen and oxygen atoms in total. The van der Waals surface area contributed by atoms with E-state index in [1.807, 2.05) is 11.4 Å². The van der Waals surface area contributed by atoms with E-state index in [0.29, 0.717) is 35.1 Å². The van der Waals surface area contributed by atoms with Crippen LogP contribution in [0.1, 0.15) is 54.3 Å². The molecular weight excluding hydrogens is 562 g/mol. The number of fused-ring (bicyclic) bond motifs is 1. The van der Waals surface area contributed by atoms with Crippen LogP contribution in [0.25, 0.3) is 0 Å². The number of carbonyl (C=O) groups is 8. The maximum Gasteiger partial charge on any atom is 0.321 e. The molecule has 0 bridgehead atoms. The number of hydrogen-bond donors (Lipinski definition) is 6. The van der Waals surface area contributed by atoms with Gasteiger partial charge in [-0.05, 0) is 36.4 Å². The van der Waals surface area contributed by atoms with Gasteiger partial charge in [0.1, 0.15) is 0 Å². The number of pyridine rings is 1. The fraction of sp³-hybridized carbons (Fsp3) is 0.107. The smallest absolute Gasteiger partial charge is 0.321 e. The Labute approximate surface area is 244 Å². The van der Waals surface area contributed by atoms with E-state index in [4.69, 9.17) is 11.5 Å². The van der Waals surface area contributed by atoms with E-state index >= 15 is 0 Å². The highest BCUT2D eigenvalue weighted by atomic mass is 16.2. The fourth-order valence-electron chi connectivity index (χ4n) is 3.11. The lowest BCUT2D eigenvalue weighted by Gasteiger charge is -1.89. The van der Waals surface area contributed by atoms with Gasteiger partial charge in [-0.1, -0.05) is 30.3 Å². The summed E-state index contributed by atoms with van der Waals surface area (Å²) in [6.07, 6.45) is 3.77. The number of carbonyl (C=O) groups excluding carboxylic acids is 8. The van der Waals surface area contributed by atoms with Gasteiger partial charge in [-0.25, -0.2) is 4.79 Å². The molecule has 1 aromatic heterocycles. The molecule has 2 fully saturated rings. The summed E-state index contributed by atoms with van der Waals surface area (Å²) in [6, 6.07) is 18.4. The van der Waals surface area contributed by atoms with Crippen LogP contribution in [0.4, 0.5) is 4.79 Å². The highest BCUT2D eigenvalue weighted by molar-refractivity contribution is 6.21. The van der Waals surface area contributed by atoms with Crippen molar-refractivity contribution in [1.82, 2.24) is 26.3 Å². The van der Waals surface area contributed by atoms with Crippen LogP contribution in [0, 0.1) is 0 Å². The summed E-state index contributed by atoms with van der Waals surface area (Å²) in [6.45, 7) is 0.124. The average Bonchev–Trinajstić information content (AvgIpc) is 3.67. The molecule has 43 heavy (non-hydrogen) atoms. The summed E-state index contributed by atoms with van der Waals surface area (Å²) in [5.74, 6) is -1.98. The van der Waals surface area contributed by atoms with Crippen LogP contribution in [0.3, 0.4) is 0 Å². The predicted molar refractivity (Wildman–Crippen MR) is 150 cm³/mol. The highest BCUT2D eigenvalue weighted by Crippen LogP contribution is 2.13. The summed E-state index contributed by atoms with van der Waals surface area (Å²) in [7, 11) is 0. The molecular formula is C28H27N7O8. The topological polar surface area (TPSA) is 250 Å². The van der Waals surface area contributed by atoms with Gasteiger partial charge in [0.25, 0.3) is 11.8 Å². The Morgan fingerprint density at radius 3 is 1.42 bits per heavy atom. The van der Waals surface area contributed by atoms with Crippen molar-refractivity contribution in [3.05, 3.63) is 101 Å². The van der Waals surface area contributed by atoms with Crippen LogP contribution in [-0.4, -0.2) is 58.9 Å². The Morgan fingerprint density at radius 1 is 0.605 bits per heavy atom. The molecule has 0 aliphatic carbocycles. The molecule has 4 heterocycles. The van der Waals surface area contributed by atoms with Crippen LogP contribution in [0.5, 0.6) is 0 Å². The maximum absolute atomic E-state index is 10.9. The number of amides is 9. The molecule has 0 spiro atoms. The zero-order valence-electron chi connectivity index (χ0n) is 22.5. The minimum absolute atomic E-state index is 0.124. The maximum atomic E-state index is 10.9. The highest BCUT2D eigenvalue weighted by Gasteiger charge is 2.25. The van der Waals surface area contributed by atoms with E-state index in [9.17, 15) is 38.4 Å². The molecule has 8 N–H and O–H groups in total. The first-order valence-corrected chi connectivity index (χ1v) is 12.4. The minimum Gasteiger partial charge on any atom is -0.366 e. The summed E-state index contributed by atoms with van der Waals surface area (Å²) in [5.41, 5.74) is 11.8. The second-order valence-electron chi connectivity index (χ2n) is 8.37. The Hall–Kier alpha value is -6.25. The first kappa shape index (κ1) is 33.0. The molecule has 0 saturated carbocycles. The largest absolute Gasteiger partial charge is 0.366 e. The third-order valence-corrected chi connectivity index (χ3v) is 5.17. The molecule has 0 unspecified atom stereocenters. The van der Waals surface area contributed by atoms with Gasteiger partial charge in [0.15, 0.2) is 0 Å². The monoisotopic (exact) mass is 589 g/mol. The molecule has 2 aromatic carbocycles. The molecule has 222 valence electrons. The van der Waals surface area contributed by atoms with Gasteiger partial charge in [-0.15, -0.1) is 0 Å². The van der Waals surface area contributed by atoms with E-state index in [1.54, 1.807) is 66.9 Å². The van der Waals surface area contributed by atoms with Crippen molar-refractivity contribution in [2.24, 2.45) is 11.5 Å². The second-order valence-corrected chi connectivity index (χ2v) is 8.37. The molecule has 15 heteroatoms. The predicted octanol–water partition coefficient (Wildman–Crippen LogP) is -0.215. The van der Waals surface area contributed by atoms with Gasteiger partial charge in [-0.3, -0.25) is 54.5 Å². The van der Waals surface area contributed by atoms with Gasteiger partial charge in [0, 0.05) is 30.8 Å². The van der Waals surface area contributed by atoms with Gasteiger partial charge in [0.05, 0.1) is 23.2 Å². The van der Waals surface area contributed by atoms with Crippen molar-refractivity contribution in [1.29, 1.82) is 0 Å². The summed E-state index contributed by atoms with van der Waals surface area (Å²) >= 11 is 0. The fourth-order valence-corrected chi connectivity index (χ4v) is 3.11. The lowest BCUT2D eigenvalue weighted by molar-refractivity contribution is -0.125. The number of nitrogens with two attached hydrogens (primary N) is 2. The Bertz CT molecular complexity index is 1370.